The largest absolute Gasteiger partial charge is 0.497 e. The van der Waals surface area contributed by atoms with E-state index in [1.165, 1.54) is 5.01 Å². The number of morpholine rings is 1. The number of urea groups is 1. The average Bonchev–Trinajstić information content (AvgIpc) is 3.61. The van der Waals surface area contributed by atoms with Crippen molar-refractivity contribution in [3.05, 3.63) is 46.2 Å². The molecule has 1 saturated heterocycles. The molecule has 2 aromatic rings. The summed E-state index contributed by atoms with van der Waals surface area (Å²) in [5.74, 6) is 1.06. The SMILES string of the molecule is COc1ccc(OC)c(C2CC(c3cccs3)=NN2C(=O)CN(CCN2CCOCC2)C(=O)NC(C)C)c1. The molecule has 4 rings (SSSR count). The molecule has 206 valence electrons. The molecule has 2 aliphatic heterocycles. The molecule has 0 bridgehead atoms. The van der Waals surface area contributed by atoms with Crippen LogP contribution in [0.3, 0.4) is 0 Å². The quantitative estimate of drug-likeness (QED) is 0.495. The molecule has 1 fully saturated rings. The van der Waals surface area contributed by atoms with Gasteiger partial charge in [-0.05, 0) is 43.5 Å². The van der Waals surface area contributed by atoms with E-state index >= 15 is 0 Å². The number of nitrogens with zero attached hydrogens (tertiary/aromatic N) is 4. The van der Waals surface area contributed by atoms with E-state index in [1.54, 1.807) is 30.5 Å². The lowest BCUT2D eigenvalue weighted by Gasteiger charge is -2.31. The van der Waals surface area contributed by atoms with Crippen molar-refractivity contribution in [3.8, 4) is 11.5 Å². The van der Waals surface area contributed by atoms with Gasteiger partial charge in [0.1, 0.15) is 18.0 Å². The van der Waals surface area contributed by atoms with Crippen molar-refractivity contribution in [1.29, 1.82) is 0 Å². The highest BCUT2D eigenvalue weighted by molar-refractivity contribution is 7.12. The number of benzene rings is 1. The first kappa shape index (κ1) is 27.9. The van der Waals surface area contributed by atoms with Gasteiger partial charge < -0.3 is 24.4 Å². The molecule has 10 nitrogen and oxygen atoms in total. The van der Waals surface area contributed by atoms with E-state index < -0.39 is 0 Å². The van der Waals surface area contributed by atoms with Gasteiger partial charge in [0.2, 0.25) is 0 Å². The summed E-state index contributed by atoms with van der Waals surface area (Å²) >= 11 is 1.58. The van der Waals surface area contributed by atoms with E-state index in [0.717, 1.165) is 29.2 Å². The van der Waals surface area contributed by atoms with Gasteiger partial charge >= 0.3 is 6.03 Å². The van der Waals surface area contributed by atoms with Crippen LogP contribution in [0.25, 0.3) is 0 Å². The van der Waals surface area contributed by atoms with Gasteiger partial charge in [-0.25, -0.2) is 9.80 Å². The average molecular weight is 544 g/mol. The Morgan fingerprint density at radius 1 is 1.21 bits per heavy atom. The minimum Gasteiger partial charge on any atom is -0.497 e. The summed E-state index contributed by atoms with van der Waals surface area (Å²) in [5, 5.41) is 11.2. The molecule has 38 heavy (non-hydrogen) atoms. The lowest BCUT2D eigenvalue weighted by atomic mass is 9.99. The number of thiophene rings is 1. The standard InChI is InChI=1S/C27H37N5O5S/c1-19(2)28-27(34)31(10-9-30-11-13-37-14-12-30)18-26(33)32-23(17-22(29-32)25-6-5-15-38-25)21-16-20(35-3)7-8-24(21)36-4/h5-8,15-16,19,23H,9-14,17-18H2,1-4H3,(H,28,34). The van der Waals surface area contributed by atoms with Gasteiger partial charge in [-0.2, -0.15) is 5.10 Å². The summed E-state index contributed by atoms with van der Waals surface area (Å²) in [7, 11) is 3.22. The number of amides is 3. The van der Waals surface area contributed by atoms with Gasteiger partial charge in [-0.15, -0.1) is 11.3 Å². The second kappa shape index (κ2) is 13.1. The van der Waals surface area contributed by atoms with Gasteiger partial charge in [-0.1, -0.05) is 6.07 Å². The number of methoxy groups -OCH3 is 2. The van der Waals surface area contributed by atoms with Crippen molar-refractivity contribution in [3.63, 3.8) is 0 Å². The van der Waals surface area contributed by atoms with E-state index in [0.29, 0.717) is 44.2 Å². The van der Waals surface area contributed by atoms with Crippen LogP contribution >= 0.6 is 11.3 Å². The van der Waals surface area contributed by atoms with Crippen LogP contribution in [-0.2, 0) is 9.53 Å². The third-order valence-corrected chi connectivity index (χ3v) is 7.50. The topological polar surface area (TPSA) is 95.9 Å². The summed E-state index contributed by atoms with van der Waals surface area (Å²) in [6.45, 7) is 7.78. The Morgan fingerprint density at radius 2 is 2.00 bits per heavy atom. The van der Waals surface area contributed by atoms with Gasteiger partial charge in [0, 0.05) is 44.2 Å². The Bertz CT molecular complexity index is 1120. The van der Waals surface area contributed by atoms with Crippen molar-refractivity contribution >= 4 is 29.0 Å². The highest BCUT2D eigenvalue weighted by Crippen LogP contribution is 2.39. The zero-order valence-corrected chi connectivity index (χ0v) is 23.3. The fourth-order valence-corrected chi connectivity index (χ4v) is 5.31. The van der Waals surface area contributed by atoms with Gasteiger partial charge in [0.05, 0.1) is 44.1 Å². The van der Waals surface area contributed by atoms with Gasteiger partial charge in [0.15, 0.2) is 0 Å². The van der Waals surface area contributed by atoms with Crippen molar-refractivity contribution in [2.75, 3.05) is 60.2 Å². The zero-order valence-electron chi connectivity index (χ0n) is 22.5. The number of nitrogens with one attached hydrogen (secondary N) is 1. The van der Waals surface area contributed by atoms with Crippen molar-refractivity contribution in [1.82, 2.24) is 20.1 Å². The van der Waals surface area contributed by atoms with E-state index in [1.807, 2.05) is 49.6 Å². The Labute approximate surface area is 228 Å². The summed E-state index contributed by atoms with van der Waals surface area (Å²) in [6, 6.07) is 8.82. The third kappa shape index (κ3) is 6.83. The first-order valence-electron chi connectivity index (χ1n) is 12.9. The molecular formula is C27H37N5O5S. The molecule has 0 aliphatic carbocycles. The fourth-order valence-electron chi connectivity index (χ4n) is 4.59. The maximum atomic E-state index is 13.8. The molecule has 0 saturated carbocycles. The molecule has 3 amide bonds. The van der Waals surface area contributed by atoms with E-state index in [-0.39, 0.29) is 30.6 Å². The molecule has 0 radical (unpaired) electrons. The second-order valence-corrected chi connectivity index (χ2v) is 10.5. The molecule has 11 heteroatoms. The summed E-state index contributed by atoms with van der Waals surface area (Å²) in [6.07, 6.45) is 0.530. The summed E-state index contributed by atoms with van der Waals surface area (Å²) in [5.41, 5.74) is 1.64. The van der Waals surface area contributed by atoms with Crippen LogP contribution < -0.4 is 14.8 Å². The predicted octanol–water partition coefficient (Wildman–Crippen LogP) is 3.20. The first-order valence-corrected chi connectivity index (χ1v) is 13.8. The predicted molar refractivity (Wildman–Crippen MR) is 147 cm³/mol. The monoisotopic (exact) mass is 543 g/mol. The summed E-state index contributed by atoms with van der Waals surface area (Å²) < 4.78 is 16.6. The fraction of sp³-hybridized carbons (Fsp3) is 0.519. The summed E-state index contributed by atoms with van der Waals surface area (Å²) in [4.78, 5) is 31.8. The van der Waals surface area contributed by atoms with Crippen LogP contribution in [0.2, 0.25) is 0 Å². The highest BCUT2D eigenvalue weighted by atomic mass is 32.1. The second-order valence-electron chi connectivity index (χ2n) is 9.57. The molecule has 3 heterocycles. The van der Waals surface area contributed by atoms with E-state index in [4.69, 9.17) is 19.3 Å². The minimum absolute atomic E-state index is 0.0486. The van der Waals surface area contributed by atoms with Crippen molar-refractivity contribution in [2.24, 2.45) is 5.10 Å². The maximum Gasteiger partial charge on any atom is 0.318 e. The van der Waals surface area contributed by atoms with Crippen molar-refractivity contribution in [2.45, 2.75) is 32.4 Å². The Morgan fingerprint density at radius 3 is 2.66 bits per heavy atom. The molecular weight excluding hydrogens is 506 g/mol. The van der Waals surface area contributed by atoms with Crippen LogP contribution in [0.1, 0.15) is 36.8 Å². The smallest absolute Gasteiger partial charge is 0.318 e. The third-order valence-electron chi connectivity index (χ3n) is 6.58. The number of hydrogen-bond acceptors (Lipinski definition) is 8. The lowest BCUT2D eigenvalue weighted by Crippen LogP contribution is -2.50. The first-order chi connectivity index (χ1) is 18.4. The highest BCUT2D eigenvalue weighted by Gasteiger charge is 2.36. The van der Waals surface area contributed by atoms with Crippen molar-refractivity contribution < 1.29 is 23.8 Å². The molecule has 1 aromatic carbocycles. The number of hydrogen-bond donors (Lipinski definition) is 1. The van der Waals surface area contributed by atoms with E-state index in [2.05, 4.69) is 10.2 Å². The lowest BCUT2D eigenvalue weighted by molar-refractivity contribution is -0.133. The minimum atomic E-state index is -0.390. The number of carbonyl (C=O) groups is 2. The van der Waals surface area contributed by atoms with Crippen LogP contribution in [0.4, 0.5) is 4.79 Å². The molecule has 0 spiro atoms. The normalized spacial score (nSPS) is 17.9. The zero-order chi connectivity index (χ0) is 27.1. The number of carbonyl (C=O) groups excluding carboxylic acids is 2. The van der Waals surface area contributed by atoms with Gasteiger partial charge in [-0.3, -0.25) is 9.69 Å². The van der Waals surface area contributed by atoms with Crippen LogP contribution in [0.5, 0.6) is 11.5 Å². The van der Waals surface area contributed by atoms with Crippen LogP contribution in [0, 0.1) is 0 Å². The van der Waals surface area contributed by atoms with Crippen LogP contribution in [-0.4, -0.2) is 98.7 Å². The maximum absolute atomic E-state index is 13.8. The Kier molecular flexibility index (Phi) is 9.59. The molecule has 2 aliphatic rings. The number of ether oxygens (including phenoxy) is 3. The van der Waals surface area contributed by atoms with Gasteiger partial charge in [0.25, 0.3) is 5.91 Å². The van der Waals surface area contributed by atoms with E-state index in [9.17, 15) is 9.59 Å². The number of rotatable bonds is 10. The Hall–Kier alpha value is -3.15. The molecule has 1 aromatic heterocycles. The van der Waals surface area contributed by atoms with Crippen LogP contribution in [0.15, 0.2) is 40.8 Å². The molecule has 1 N–H and O–H groups in total. The molecule has 1 atom stereocenters. The Balaban J connectivity index is 1.59. The number of hydrazone groups is 1. The molecule has 1 unspecified atom stereocenters.